The molecule has 0 N–H and O–H groups in total. The highest BCUT2D eigenvalue weighted by molar-refractivity contribution is 9.10. The maximum absolute atomic E-state index is 5.89. The molecular formula is C10H8BrClOS. The fraction of sp³-hybridized carbons (Fsp3) is 0.200. The zero-order chi connectivity index (χ0) is 10.1. The van der Waals surface area contributed by atoms with Crippen molar-refractivity contribution in [3.8, 4) is 5.06 Å². The molecule has 4 heteroatoms. The van der Waals surface area contributed by atoms with Gasteiger partial charge in [0.05, 0.1) is 17.7 Å². The second-order valence-corrected chi connectivity index (χ2v) is 4.93. The molecule has 0 saturated heterocycles. The van der Waals surface area contributed by atoms with E-state index in [1.807, 2.05) is 12.1 Å². The summed E-state index contributed by atoms with van der Waals surface area (Å²) in [6.45, 7) is 0. The van der Waals surface area contributed by atoms with Gasteiger partial charge in [-0.15, -0.1) is 11.6 Å². The molecule has 1 aromatic carbocycles. The standard InChI is InChI=1S/C10H8BrClOS/c1-13-10-7(5-12)6-3-2-4-8(11)9(6)14-10/h2-4H,5H2,1H3. The Morgan fingerprint density at radius 2 is 2.29 bits per heavy atom. The van der Waals surface area contributed by atoms with E-state index in [4.69, 9.17) is 16.3 Å². The molecule has 0 amide bonds. The SMILES string of the molecule is COc1sc2c(Br)cccc2c1CCl. The second kappa shape index (κ2) is 4.09. The molecule has 14 heavy (non-hydrogen) atoms. The van der Waals surface area contributed by atoms with E-state index < -0.39 is 0 Å². The predicted molar refractivity (Wildman–Crippen MR) is 65.6 cm³/mol. The van der Waals surface area contributed by atoms with Crippen molar-refractivity contribution < 1.29 is 4.74 Å². The highest BCUT2D eigenvalue weighted by Crippen LogP contribution is 2.41. The van der Waals surface area contributed by atoms with Crippen molar-refractivity contribution >= 4 is 49.0 Å². The summed E-state index contributed by atoms with van der Waals surface area (Å²) in [6.07, 6.45) is 0. The van der Waals surface area contributed by atoms with Gasteiger partial charge in [0.1, 0.15) is 0 Å². The molecule has 2 aromatic rings. The zero-order valence-electron chi connectivity index (χ0n) is 7.51. The van der Waals surface area contributed by atoms with Crippen molar-refractivity contribution in [2.75, 3.05) is 7.11 Å². The lowest BCUT2D eigenvalue weighted by atomic mass is 10.2. The molecule has 2 rings (SSSR count). The van der Waals surface area contributed by atoms with Crippen LogP contribution < -0.4 is 4.74 Å². The van der Waals surface area contributed by atoms with Gasteiger partial charge in [0, 0.05) is 15.4 Å². The summed E-state index contributed by atoms with van der Waals surface area (Å²) < 4.78 is 7.58. The van der Waals surface area contributed by atoms with Crippen LogP contribution in [0, 0.1) is 0 Å². The van der Waals surface area contributed by atoms with Crippen LogP contribution in [0.3, 0.4) is 0 Å². The fourth-order valence-electron chi connectivity index (χ4n) is 1.41. The molecule has 1 nitrogen and oxygen atoms in total. The summed E-state index contributed by atoms with van der Waals surface area (Å²) >= 11 is 11.0. The average Bonchev–Trinajstić information content (AvgIpc) is 2.57. The van der Waals surface area contributed by atoms with Crippen LogP contribution in [0.25, 0.3) is 10.1 Å². The number of rotatable bonds is 2. The molecule has 1 aromatic heterocycles. The van der Waals surface area contributed by atoms with Gasteiger partial charge in [-0.05, 0) is 22.0 Å². The van der Waals surface area contributed by atoms with Gasteiger partial charge in [0.15, 0.2) is 5.06 Å². The largest absolute Gasteiger partial charge is 0.487 e. The van der Waals surface area contributed by atoms with Crippen LogP contribution >= 0.6 is 38.9 Å². The number of alkyl halides is 1. The van der Waals surface area contributed by atoms with Crippen LogP contribution in [0.4, 0.5) is 0 Å². The van der Waals surface area contributed by atoms with E-state index in [0.29, 0.717) is 5.88 Å². The Labute approximate surface area is 99.8 Å². The molecule has 74 valence electrons. The van der Waals surface area contributed by atoms with E-state index in [9.17, 15) is 0 Å². The highest BCUT2D eigenvalue weighted by Gasteiger charge is 2.12. The first kappa shape index (κ1) is 10.3. The van der Waals surface area contributed by atoms with Crippen molar-refractivity contribution in [1.82, 2.24) is 0 Å². The first-order valence-electron chi connectivity index (χ1n) is 4.07. The lowest BCUT2D eigenvalue weighted by Crippen LogP contribution is -1.82. The van der Waals surface area contributed by atoms with Gasteiger partial charge in [-0.2, -0.15) is 0 Å². The smallest absolute Gasteiger partial charge is 0.179 e. The third-order valence-corrected chi connectivity index (χ3v) is 4.49. The molecule has 1 heterocycles. The molecule has 0 bridgehead atoms. The minimum Gasteiger partial charge on any atom is -0.487 e. The van der Waals surface area contributed by atoms with Crippen LogP contribution in [0.2, 0.25) is 0 Å². The molecule has 0 unspecified atom stereocenters. The van der Waals surface area contributed by atoms with Crippen molar-refractivity contribution in [2.45, 2.75) is 5.88 Å². The van der Waals surface area contributed by atoms with E-state index >= 15 is 0 Å². The first-order valence-corrected chi connectivity index (χ1v) is 6.22. The Hall–Kier alpha value is -0.250. The number of ether oxygens (including phenoxy) is 1. The van der Waals surface area contributed by atoms with E-state index in [-0.39, 0.29) is 0 Å². The molecule has 0 aliphatic heterocycles. The lowest BCUT2D eigenvalue weighted by Gasteiger charge is -1.97. The van der Waals surface area contributed by atoms with E-state index in [2.05, 4.69) is 22.0 Å². The van der Waals surface area contributed by atoms with Crippen molar-refractivity contribution in [3.05, 3.63) is 28.2 Å². The van der Waals surface area contributed by atoms with Gasteiger partial charge in [-0.1, -0.05) is 23.5 Å². The number of hydrogen-bond donors (Lipinski definition) is 0. The van der Waals surface area contributed by atoms with Gasteiger partial charge >= 0.3 is 0 Å². The molecule has 0 aliphatic carbocycles. The van der Waals surface area contributed by atoms with Gasteiger partial charge in [0.2, 0.25) is 0 Å². The van der Waals surface area contributed by atoms with Gasteiger partial charge in [-0.25, -0.2) is 0 Å². The van der Waals surface area contributed by atoms with Crippen molar-refractivity contribution in [1.29, 1.82) is 0 Å². The Bertz CT molecular complexity index is 466. The summed E-state index contributed by atoms with van der Waals surface area (Å²) in [7, 11) is 1.68. The number of benzene rings is 1. The molecule has 0 saturated carbocycles. The molecule has 0 aliphatic rings. The Kier molecular flexibility index (Phi) is 3.00. The maximum Gasteiger partial charge on any atom is 0.179 e. The summed E-state index contributed by atoms with van der Waals surface area (Å²) in [6, 6.07) is 6.10. The Morgan fingerprint density at radius 3 is 2.93 bits per heavy atom. The number of halogens is 2. The molecule has 0 spiro atoms. The minimum atomic E-state index is 0.486. The quantitative estimate of drug-likeness (QED) is 0.745. The Morgan fingerprint density at radius 1 is 1.50 bits per heavy atom. The third kappa shape index (κ3) is 1.53. The van der Waals surface area contributed by atoms with Gasteiger partial charge in [-0.3, -0.25) is 0 Å². The monoisotopic (exact) mass is 290 g/mol. The van der Waals surface area contributed by atoms with Crippen molar-refractivity contribution in [2.24, 2.45) is 0 Å². The second-order valence-electron chi connectivity index (χ2n) is 2.82. The maximum atomic E-state index is 5.89. The summed E-state index contributed by atoms with van der Waals surface area (Å²) in [5, 5.41) is 2.08. The third-order valence-electron chi connectivity index (χ3n) is 2.05. The number of thiophene rings is 1. The Balaban J connectivity index is 2.79. The first-order chi connectivity index (χ1) is 6.77. The molecular weight excluding hydrogens is 284 g/mol. The molecule has 0 atom stereocenters. The summed E-state index contributed by atoms with van der Waals surface area (Å²) in [5.74, 6) is 0.486. The molecule has 0 radical (unpaired) electrons. The summed E-state index contributed by atoms with van der Waals surface area (Å²) in [5.41, 5.74) is 1.08. The number of hydrogen-bond acceptors (Lipinski definition) is 2. The van der Waals surface area contributed by atoms with E-state index in [0.717, 1.165) is 15.1 Å². The van der Waals surface area contributed by atoms with Crippen LogP contribution in [0.5, 0.6) is 5.06 Å². The van der Waals surface area contributed by atoms with Crippen LogP contribution in [-0.4, -0.2) is 7.11 Å². The van der Waals surface area contributed by atoms with Crippen LogP contribution in [0.15, 0.2) is 22.7 Å². The fourth-order valence-corrected chi connectivity index (χ4v) is 3.40. The van der Waals surface area contributed by atoms with E-state index in [1.54, 1.807) is 18.4 Å². The normalized spacial score (nSPS) is 10.8. The van der Waals surface area contributed by atoms with E-state index in [1.165, 1.54) is 10.1 Å². The zero-order valence-corrected chi connectivity index (χ0v) is 10.7. The number of fused-ring (bicyclic) bond motifs is 1. The van der Waals surface area contributed by atoms with Crippen molar-refractivity contribution in [3.63, 3.8) is 0 Å². The minimum absolute atomic E-state index is 0.486. The van der Waals surface area contributed by atoms with Crippen LogP contribution in [0.1, 0.15) is 5.56 Å². The van der Waals surface area contributed by atoms with Gasteiger partial charge in [0.25, 0.3) is 0 Å². The van der Waals surface area contributed by atoms with Gasteiger partial charge < -0.3 is 4.74 Å². The number of methoxy groups -OCH3 is 1. The predicted octanol–water partition coefficient (Wildman–Crippen LogP) is 4.41. The van der Waals surface area contributed by atoms with Crippen LogP contribution in [-0.2, 0) is 5.88 Å². The highest BCUT2D eigenvalue weighted by atomic mass is 79.9. The average molecular weight is 292 g/mol. The summed E-state index contributed by atoms with van der Waals surface area (Å²) in [4.78, 5) is 0. The lowest BCUT2D eigenvalue weighted by molar-refractivity contribution is 0.424. The topological polar surface area (TPSA) is 9.23 Å². The molecule has 0 fully saturated rings.